The first kappa shape index (κ1) is 8.02. The summed E-state index contributed by atoms with van der Waals surface area (Å²) >= 11 is 0. The minimum absolute atomic E-state index is 0.304. The monoisotopic (exact) mass is 143 g/mol. The first-order chi connectivity index (χ1) is 4.52. The summed E-state index contributed by atoms with van der Waals surface area (Å²) < 4.78 is 0. The molecule has 10 heavy (non-hydrogen) atoms. The normalized spacial score (nSPS) is 24.0. The quantitative estimate of drug-likeness (QED) is 0.603. The van der Waals surface area contributed by atoms with Crippen LogP contribution < -0.4 is 5.73 Å². The summed E-state index contributed by atoms with van der Waals surface area (Å²) in [6.45, 7) is 3.77. The van der Waals surface area contributed by atoms with Gasteiger partial charge in [0.25, 0.3) is 0 Å². The molecule has 0 spiro atoms. The van der Waals surface area contributed by atoms with Crippen molar-refractivity contribution in [2.24, 2.45) is 11.7 Å². The Morgan fingerprint density at radius 2 is 2.00 bits per heavy atom. The fourth-order valence-electron chi connectivity index (χ4n) is 1.36. The fraction of sp³-hybridized carbons (Fsp3) is 1.00. The molecule has 0 aromatic heterocycles. The van der Waals surface area contributed by atoms with E-state index in [4.69, 9.17) is 5.73 Å². The predicted molar refractivity (Wildman–Crippen MR) is 41.6 cm³/mol. The molecule has 1 aliphatic carbocycles. The van der Waals surface area contributed by atoms with E-state index in [2.05, 4.69) is 0 Å². The molecule has 1 unspecified atom stereocenters. The molecule has 1 rings (SSSR count). The molecule has 0 saturated heterocycles. The average molecular weight is 143 g/mol. The molecule has 0 radical (unpaired) electrons. The zero-order valence-electron chi connectivity index (χ0n) is 6.80. The molecular weight excluding hydrogens is 126 g/mol. The van der Waals surface area contributed by atoms with Gasteiger partial charge in [-0.15, -0.1) is 0 Å². The van der Waals surface area contributed by atoms with Crippen LogP contribution in [0.25, 0.3) is 0 Å². The Morgan fingerprint density at radius 3 is 2.10 bits per heavy atom. The maximum Gasteiger partial charge on any atom is 0.0742 e. The number of hydrogen-bond donors (Lipinski definition) is 2. The number of hydrogen-bond acceptors (Lipinski definition) is 2. The van der Waals surface area contributed by atoms with Crippen molar-refractivity contribution in [1.82, 2.24) is 0 Å². The van der Waals surface area contributed by atoms with Gasteiger partial charge in [0, 0.05) is 5.54 Å². The third-order valence-corrected chi connectivity index (χ3v) is 2.36. The topological polar surface area (TPSA) is 46.2 Å². The lowest BCUT2D eigenvalue weighted by molar-refractivity contribution is 0.0127. The van der Waals surface area contributed by atoms with Crippen molar-refractivity contribution in [3.05, 3.63) is 0 Å². The van der Waals surface area contributed by atoms with Crippen molar-refractivity contribution in [2.45, 2.75) is 44.8 Å². The minimum Gasteiger partial charge on any atom is -0.391 e. The van der Waals surface area contributed by atoms with E-state index in [1.54, 1.807) is 0 Å². The van der Waals surface area contributed by atoms with Gasteiger partial charge in [0.2, 0.25) is 0 Å². The third kappa shape index (κ3) is 1.50. The molecule has 0 aromatic rings. The van der Waals surface area contributed by atoms with E-state index in [9.17, 15) is 5.11 Å². The summed E-state index contributed by atoms with van der Waals surface area (Å²) in [5.41, 5.74) is 5.33. The summed E-state index contributed by atoms with van der Waals surface area (Å²) in [7, 11) is 0. The van der Waals surface area contributed by atoms with Crippen LogP contribution in [0.5, 0.6) is 0 Å². The summed E-state index contributed by atoms with van der Waals surface area (Å²) in [4.78, 5) is 0. The zero-order chi connectivity index (χ0) is 7.78. The number of rotatable bonds is 2. The highest BCUT2D eigenvalue weighted by Gasteiger charge is 2.34. The highest BCUT2D eigenvalue weighted by atomic mass is 16.3. The van der Waals surface area contributed by atoms with E-state index in [0.29, 0.717) is 5.92 Å². The molecule has 1 saturated carbocycles. The van der Waals surface area contributed by atoms with Crippen molar-refractivity contribution < 1.29 is 5.11 Å². The second-order valence-corrected chi connectivity index (χ2v) is 3.96. The second-order valence-electron chi connectivity index (χ2n) is 3.96. The van der Waals surface area contributed by atoms with Crippen LogP contribution in [0.15, 0.2) is 0 Å². The maximum absolute atomic E-state index is 9.58. The molecule has 0 heterocycles. The molecule has 0 aliphatic heterocycles. The van der Waals surface area contributed by atoms with Crippen molar-refractivity contribution in [1.29, 1.82) is 0 Å². The lowest BCUT2D eigenvalue weighted by Gasteiger charge is -2.37. The Morgan fingerprint density at radius 1 is 1.50 bits per heavy atom. The molecule has 0 bridgehead atoms. The number of nitrogens with two attached hydrogens (primary N) is 1. The highest BCUT2D eigenvalue weighted by Crippen LogP contribution is 2.32. The van der Waals surface area contributed by atoms with Crippen LogP contribution in [0.4, 0.5) is 0 Å². The Hall–Kier alpha value is -0.0800. The van der Waals surface area contributed by atoms with E-state index < -0.39 is 5.54 Å². The first-order valence-corrected chi connectivity index (χ1v) is 3.99. The van der Waals surface area contributed by atoms with E-state index in [1.807, 2.05) is 13.8 Å². The van der Waals surface area contributed by atoms with Gasteiger partial charge in [0.05, 0.1) is 6.10 Å². The van der Waals surface area contributed by atoms with Crippen LogP contribution in [-0.4, -0.2) is 16.7 Å². The molecule has 1 fully saturated rings. The average Bonchev–Trinajstić information content (AvgIpc) is 1.57. The second kappa shape index (κ2) is 2.51. The van der Waals surface area contributed by atoms with E-state index in [0.717, 1.165) is 12.8 Å². The molecule has 0 amide bonds. The Balaban J connectivity index is 2.39. The van der Waals surface area contributed by atoms with Gasteiger partial charge in [-0.2, -0.15) is 0 Å². The van der Waals surface area contributed by atoms with Gasteiger partial charge < -0.3 is 10.8 Å². The lowest BCUT2D eigenvalue weighted by atomic mass is 9.75. The molecule has 2 nitrogen and oxygen atoms in total. The smallest absolute Gasteiger partial charge is 0.0742 e. The maximum atomic E-state index is 9.58. The summed E-state index contributed by atoms with van der Waals surface area (Å²) in [6.07, 6.45) is 3.27. The molecule has 2 heteroatoms. The van der Waals surface area contributed by atoms with Gasteiger partial charge in [-0.3, -0.25) is 0 Å². The van der Waals surface area contributed by atoms with Crippen LogP contribution in [0, 0.1) is 5.92 Å². The van der Waals surface area contributed by atoms with Crippen molar-refractivity contribution in [3.8, 4) is 0 Å². The van der Waals surface area contributed by atoms with Crippen LogP contribution in [0.2, 0.25) is 0 Å². The van der Waals surface area contributed by atoms with E-state index in [1.165, 1.54) is 6.42 Å². The lowest BCUT2D eigenvalue weighted by Crippen LogP contribution is -2.50. The molecule has 60 valence electrons. The van der Waals surface area contributed by atoms with Gasteiger partial charge in [-0.1, -0.05) is 6.42 Å². The fourth-order valence-corrected chi connectivity index (χ4v) is 1.36. The Labute approximate surface area is 62.4 Å². The standard InChI is InChI=1S/C8H17NO/c1-8(2,9)7(10)6-4-3-5-6/h6-7,10H,3-5,9H2,1-2H3. The van der Waals surface area contributed by atoms with Crippen LogP contribution in [0.3, 0.4) is 0 Å². The number of aliphatic hydroxyl groups is 1. The third-order valence-electron chi connectivity index (χ3n) is 2.36. The van der Waals surface area contributed by atoms with Crippen LogP contribution >= 0.6 is 0 Å². The number of aliphatic hydroxyl groups excluding tert-OH is 1. The Bertz CT molecular complexity index is 113. The predicted octanol–water partition coefficient (Wildman–Crippen LogP) is 0.885. The van der Waals surface area contributed by atoms with Gasteiger partial charge >= 0.3 is 0 Å². The van der Waals surface area contributed by atoms with E-state index in [-0.39, 0.29) is 6.10 Å². The summed E-state index contributed by atoms with van der Waals surface area (Å²) in [5, 5.41) is 9.58. The van der Waals surface area contributed by atoms with Crippen LogP contribution in [-0.2, 0) is 0 Å². The van der Waals surface area contributed by atoms with Crippen LogP contribution in [0.1, 0.15) is 33.1 Å². The van der Waals surface area contributed by atoms with Crippen molar-refractivity contribution in [2.75, 3.05) is 0 Å². The molecule has 0 aromatic carbocycles. The highest BCUT2D eigenvalue weighted by molar-refractivity contribution is 4.90. The molecular formula is C8H17NO. The summed E-state index contributed by atoms with van der Waals surface area (Å²) in [6, 6.07) is 0. The van der Waals surface area contributed by atoms with Gasteiger partial charge in [-0.05, 0) is 32.6 Å². The van der Waals surface area contributed by atoms with Gasteiger partial charge in [-0.25, -0.2) is 0 Å². The minimum atomic E-state index is -0.412. The summed E-state index contributed by atoms with van der Waals surface area (Å²) in [5.74, 6) is 0.472. The first-order valence-electron chi connectivity index (χ1n) is 3.99. The molecule has 3 N–H and O–H groups in total. The van der Waals surface area contributed by atoms with Gasteiger partial charge in [0.15, 0.2) is 0 Å². The SMILES string of the molecule is CC(C)(N)C(O)C1CCC1. The van der Waals surface area contributed by atoms with Crippen molar-refractivity contribution in [3.63, 3.8) is 0 Å². The van der Waals surface area contributed by atoms with Crippen molar-refractivity contribution >= 4 is 0 Å². The molecule has 1 atom stereocenters. The Kier molecular flexibility index (Phi) is 2.02. The zero-order valence-corrected chi connectivity index (χ0v) is 6.80. The van der Waals surface area contributed by atoms with Gasteiger partial charge in [0.1, 0.15) is 0 Å². The van der Waals surface area contributed by atoms with E-state index >= 15 is 0 Å². The molecule has 1 aliphatic rings. The largest absolute Gasteiger partial charge is 0.391 e.